The molecular formula is C16H29N3NaO5. The van der Waals surface area contributed by atoms with E-state index in [0.717, 1.165) is 19.6 Å². The molecule has 0 aromatic carbocycles. The fourth-order valence-corrected chi connectivity index (χ4v) is 2.46. The van der Waals surface area contributed by atoms with E-state index in [1.807, 2.05) is 13.8 Å². The Kier molecular flexibility index (Phi) is 11.5. The first-order valence-corrected chi connectivity index (χ1v) is 8.48. The van der Waals surface area contributed by atoms with Gasteiger partial charge in [0.15, 0.2) is 12.2 Å². The zero-order chi connectivity index (χ0) is 18.3. The Hall–Kier alpha value is -0.670. The quantitative estimate of drug-likeness (QED) is 0.334. The molecule has 0 unspecified atom stereocenters. The number of ether oxygens (including phenoxy) is 1. The van der Waals surface area contributed by atoms with Crippen LogP contribution in [0.15, 0.2) is 0 Å². The maximum atomic E-state index is 12.3. The van der Waals surface area contributed by atoms with Crippen molar-refractivity contribution in [2.45, 2.75) is 52.4 Å². The third-order valence-corrected chi connectivity index (χ3v) is 3.96. The molecule has 1 saturated heterocycles. The van der Waals surface area contributed by atoms with Crippen LogP contribution in [0.4, 0.5) is 0 Å². The maximum absolute atomic E-state index is 12.3. The molecule has 25 heavy (non-hydrogen) atoms. The van der Waals surface area contributed by atoms with Crippen LogP contribution in [0.3, 0.4) is 0 Å². The van der Waals surface area contributed by atoms with Gasteiger partial charge in [-0.2, -0.15) is 0 Å². The number of carboxylic acids is 1. The molecule has 0 aromatic rings. The molecular weight excluding hydrogens is 337 g/mol. The topological polar surface area (TPSA) is 111 Å². The van der Waals surface area contributed by atoms with Crippen LogP contribution in [-0.2, 0) is 19.1 Å². The fraction of sp³-hybridized carbons (Fsp3) is 0.812. The monoisotopic (exact) mass is 366 g/mol. The van der Waals surface area contributed by atoms with Gasteiger partial charge in [-0.15, -0.1) is 0 Å². The van der Waals surface area contributed by atoms with Crippen LogP contribution in [0.25, 0.3) is 0 Å². The number of epoxide rings is 1. The zero-order valence-corrected chi connectivity index (χ0v) is 17.9. The smallest absolute Gasteiger partial charge is 0.336 e. The van der Waals surface area contributed by atoms with Crippen molar-refractivity contribution >= 4 is 47.3 Å². The summed E-state index contributed by atoms with van der Waals surface area (Å²) in [4.78, 5) is 37.3. The Bertz CT molecular complexity index is 457. The largest absolute Gasteiger partial charge is 0.479 e. The first-order valence-electron chi connectivity index (χ1n) is 8.48. The number of nitrogens with one attached hydrogen (secondary N) is 2. The molecule has 3 N–H and O–H groups in total. The van der Waals surface area contributed by atoms with Crippen molar-refractivity contribution in [2.75, 3.05) is 26.2 Å². The van der Waals surface area contributed by atoms with Crippen LogP contribution in [0.2, 0.25) is 0 Å². The van der Waals surface area contributed by atoms with Gasteiger partial charge in [0.05, 0.1) is 0 Å². The van der Waals surface area contributed by atoms with E-state index in [4.69, 9.17) is 9.84 Å². The number of aliphatic carboxylic acids is 1. The van der Waals surface area contributed by atoms with Crippen molar-refractivity contribution < 1.29 is 24.2 Å². The SMILES string of the molecule is CCN(CC)CCNC(=O)[C@H](CC(C)C)NC(=O)[C@@H]1O[C@H]1C(=O)O.[Na]. The van der Waals surface area contributed by atoms with Gasteiger partial charge in [0, 0.05) is 42.6 Å². The van der Waals surface area contributed by atoms with Gasteiger partial charge < -0.3 is 25.4 Å². The molecule has 0 bridgehead atoms. The molecule has 9 heteroatoms. The van der Waals surface area contributed by atoms with Crippen molar-refractivity contribution in [1.29, 1.82) is 0 Å². The summed E-state index contributed by atoms with van der Waals surface area (Å²) >= 11 is 0. The molecule has 8 nitrogen and oxygen atoms in total. The molecule has 2 amide bonds. The molecule has 1 aliphatic heterocycles. The third-order valence-electron chi connectivity index (χ3n) is 3.96. The van der Waals surface area contributed by atoms with Crippen LogP contribution in [-0.4, -0.2) is 102 Å². The van der Waals surface area contributed by atoms with E-state index in [9.17, 15) is 14.4 Å². The summed E-state index contributed by atoms with van der Waals surface area (Å²) in [6.07, 6.45) is -1.62. The average Bonchev–Trinajstić information content (AvgIpc) is 3.31. The minimum Gasteiger partial charge on any atom is -0.479 e. The molecule has 1 rings (SSSR count). The second-order valence-electron chi connectivity index (χ2n) is 6.32. The average molecular weight is 366 g/mol. The summed E-state index contributed by atoms with van der Waals surface area (Å²) in [5.41, 5.74) is 0. The Balaban J connectivity index is 0.00000576. The van der Waals surface area contributed by atoms with Crippen molar-refractivity contribution in [3.63, 3.8) is 0 Å². The van der Waals surface area contributed by atoms with E-state index in [0.29, 0.717) is 13.0 Å². The van der Waals surface area contributed by atoms with Crippen molar-refractivity contribution in [3.05, 3.63) is 0 Å². The van der Waals surface area contributed by atoms with Crippen LogP contribution in [0, 0.1) is 5.92 Å². The maximum Gasteiger partial charge on any atom is 0.336 e. The van der Waals surface area contributed by atoms with Gasteiger partial charge in [0.1, 0.15) is 6.04 Å². The third kappa shape index (κ3) is 8.50. The summed E-state index contributed by atoms with van der Waals surface area (Å²) in [7, 11) is 0. The van der Waals surface area contributed by atoms with Gasteiger partial charge in [-0.05, 0) is 25.4 Å². The molecule has 0 spiro atoms. The van der Waals surface area contributed by atoms with Gasteiger partial charge in [-0.3, -0.25) is 9.59 Å². The normalized spacial score (nSPS) is 19.9. The Morgan fingerprint density at radius 1 is 1.16 bits per heavy atom. The standard InChI is InChI=1S/C16H29N3O5.Na/c1-5-19(6-2)8-7-17-14(20)11(9-10(3)4)18-15(21)12-13(24-12)16(22)23;/h10-13H,5-9H2,1-4H3,(H,17,20)(H,18,21)(H,22,23);/t11-,12+,13+;/m0./s1. The van der Waals surface area contributed by atoms with Crippen LogP contribution >= 0.6 is 0 Å². The number of amides is 2. The number of carbonyl (C=O) groups excluding carboxylic acids is 2. The number of hydrogen-bond donors (Lipinski definition) is 3. The van der Waals surface area contributed by atoms with Gasteiger partial charge in [-0.1, -0.05) is 27.7 Å². The van der Waals surface area contributed by atoms with Gasteiger partial charge in [0.25, 0.3) is 5.91 Å². The van der Waals surface area contributed by atoms with Gasteiger partial charge >= 0.3 is 5.97 Å². The molecule has 1 heterocycles. The minimum absolute atomic E-state index is 0. The van der Waals surface area contributed by atoms with E-state index in [1.165, 1.54) is 0 Å². The second kappa shape index (κ2) is 11.9. The second-order valence-corrected chi connectivity index (χ2v) is 6.32. The van der Waals surface area contributed by atoms with Gasteiger partial charge in [-0.25, -0.2) is 4.79 Å². The Labute approximate surface area is 171 Å². The first-order chi connectivity index (χ1) is 11.3. The summed E-state index contributed by atoms with van der Waals surface area (Å²) in [5, 5.41) is 14.2. The number of nitrogens with zero attached hydrogens (tertiary/aromatic N) is 1. The van der Waals surface area contributed by atoms with Crippen LogP contribution < -0.4 is 10.6 Å². The summed E-state index contributed by atoms with van der Waals surface area (Å²) in [6.45, 7) is 11.1. The summed E-state index contributed by atoms with van der Waals surface area (Å²) in [5.74, 6) is -1.76. The number of carbonyl (C=O) groups is 3. The molecule has 0 saturated carbocycles. The van der Waals surface area contributed by atoms with Crippen molar-refractivity contribution in [2.24, 2.45) is 5.92 Å². The van der Waals surface area contributed by atoms with Crippen molar-refractivity contribution in [1.82, 2.24) is 15.5 Å². The zero-order valence-electron chi connectivity index (χ0n) is 15.9. The summed E-state index contributed by atoms with van der Waals surface area (Å²) in [6, 6.07) is -0.687. The van der Waals surface area contributed by atoms with Crippen LogP contribution in [0.1, 0.15) is 34.1 Å². The summed E-state index contributed by atoms with van der Waals surface area (Å²) < 4.78 is 4.82. The molecule has 1 aliphatic rings. The van der Waals surface area contributed by atoms with E-state index in [2.05, 4.69) is 29.4 Å². The van der Waals surface area contributed by atoms with E-state index >= 15 is 0 Å². The van der Waals surface area contributed by atoms with Gasteiger partial charge in [0.2, 0.25) is 5.91 Å². The number of likely N-dealkylation sites (N-methyl/N-ethyl adjacent to an activating group) is 1. The molecule has 139 valence electrons. The van der Waals surface area contributed by atoms with E-state index in [-0.39, 0.29) is 41.4 Å². The number of hydrogen-bond acceptors (Lipinski definition) is 5. The number of rotatable bonds is 11. The molecule has 1 radical (unpaired) electrons. The predicted octanol–water partition coefficient (Wildman–Crippen LogP) is -0.553. The molecule has 0 aliphatic carbocycles. The fourth-order valence-electron chi connectivity index (χ4n) is 2.46. The minimum atomic E-state index is -1.17. The van der Waals surface area contributed by atoms with Crippen LogP contribution in [0.5, 0.6) is 0 Å². The molecule has 0 aromatic heterocycles. The predicted molar refractivity (Wildman–Crippen MR) is 94.2 cm³/mol. The first kappa shape index (κ1) is 24.3. The van der Waals surface area contributed by atoms with E-state index < -0.39 is 30.1 Å². The molecule has 3 atom stereocenters. The van der Waals surface area contributed by atoms with Crippen molar-refractivity contribution in [3.8, 4) is 0 Å². The Morgan fingerprint density at radius 2 is 1.76 bits per heavy atom. The Morgan fingerprint density at radius 3 is 2.20 bits per heavy atom. The molecule has 1 fully saturated rings. The van der Waals surface area contributed by atoms with E-state index in [1.54, 1.807) is 0 Å². The number of carboxylic acid groups (broad SMARTS) is 1.